The molecule has 4 aromatic rings. The quantitative estimate of drug-likeness (QED) is 0.342. The van der Waals surface area contributed by atoms with Gasteiger partial charge in [0.1, 0.15) is 18.5 Å². The number of aromatic nitrogens is 1. The molecule has 1 heterocycles. The van der Waals surface area contributed by atoms with E-state index in [-0.39, 0.29) is 28.7 Å². The van der Waals surface area contributed by atoms with Crippen molar-refractivity contribution < 1.29 is 13.9 Å². The van der Waals surface area contributed by atoms with Gasteiger partial charge in [-0.1, -0.05) is 41.9 Å². The van der Waals surface area contributed by atoms with E-state index < -0.39 is 5.82 Å². The molecule has 0 radical (unpaired) electrons. The van der Waals surface area contributed by atoms with E-state index in [2.05, 4.69) is 16.4 Å². The molecule has 8 heteroatoms. The van der Waals surface area contributed by atoms with E-state index in [1.165, 1.54) is 25.4 Å². The second-order valence-electron chi connectivity index (χ2n) is 6.70. The first kappa shape index (κ1) is 23.1. The minimum absolute atomic E-state index is 0. The molecule has 0 fully saturated rings. The third-order valence-corrected chi connectivity index (χ3v) is 4.94. The summed E-state index contributed by atoms with van der Waals surface area (Å²) in [7, 11) is 1.53. The Bertz CT molecular complexity index is 1290. The maximum atomic E-state index is 14.4. The summed E-state index contributed by atoms with van der Waals surface area (Å²) >= 11 is 5.84. The van der Waals surface area contributed by atoms with Crippen LogP contribution in [0.1, 0.15) is 11.1 Å². The van der Waals surface area contributed by atoms with Crippen LogP contribution >= 0.6 is 24.0 Å². The van der Waals surface area contributed by atoms with E-state index >= 15 is 0 Å². The Morgan fingerprint density at radius 2 is 1.88 bits per heavy atom. The van der Waals surface area contributed by atoms with Crippen LogP contribution in [0, 0.1) is 17.1 Å². The summed E-state index contributed by atoms with van der Waals surface area (Å²) in [5, 5.41) is 13.4. The zero-order valence-electron chi connectivity index (χ0n) is 16.9. The molecule has 0 atom stereocenters. The normalized spacial score (nSPS) is 10.2. The van der Waals surface area contributed by atoms with Crippen molar-refractivity contribution in [1.82, 2.24) is 4.98 Å². The first-order valence-electron chi connectivity index (χ1n) is 9.38. The Kier molecular flexibility index (Phi) is 7.37. The summed E-state index contributed by atoms with van der Waals surface area (Å²) < 4.78 is 25.8. The van der Waals surface area contributed by atoms with E-state index in [9.17, 15) is 9.65 Å². The highest BCUT2D eigenvalue weighted by molar-refractivity contribution is 6.30. The van der Waals surface area contributed by atoms with Crippen molar-refractivity contribution in [2.24, 2.45) is 0 Å². The number of methoxy groups -OCH3 is 1. The highest BCUT2D eigenvalue weighted by Crippen LogP contribution is 2.38. The van der Waals surface area contributed by atoms with Gasteiger partial charge in [0.25, 0.3) is 0 Å². The predicted octanol–water partition coefficient (Wildman–Crippen LogP) is 6.65. The first-order valence-corrected chi connectivity index (χ1v) is 9.76. The average Bonchev–Trinajstić information content (AvgIpc) is 2.79. The van der Waals surface area contributed by atoms with Crippen molar-refractivity contribution >= 4 is 46.3 Å². The fourth-order valence-electron chi connectivity index (χ4n) is 3.15. The van der Waals surface area contributed by atoms with E-state index in [0.717, 1.165) is 5.56 Å². The molecule has 1 N–H and O–H groups in total. The maximum Gasteiger partial charge on any atom is 0.163 e. The number of ether oxygens (including phenoxy) is 2. The molecule has 0 aliphatic heterocycles. The zero-order chi connectivity index (χ0) is 21.8. The van der Waals surface area contributed by atoms with Gasteiger partial charge < -0.3 is 14.8 Å². The Hall–Kier alpha value is -3.53. The molecule has 4 rings (SSSR count). The number of halogens is 3. The molecule has 0 aliphatic rings. The molecule has 3 aromatic carbocycles. The Morgan fingerprint density at radius 3 is 2.56 bits per heavy atom. The van der Waals surface area contributed by atoms with Gasteiger partial charge in [-0.2, -0.15) is 5.26 Å². The van der Waals surface area contributed by atoms with E-state index in [4.69, 9.17) is 21.1 Å². The van der Waals surface area contributed by atoms with E-state index in [1.807, 2.05) is 30.3 Å². The van der Waals surface area contributed by atoms with Crippen LogP contribution in [0.4, 0.5) is 15.8 Å². The Labute approximate surface area is 195 Å². The van der Waals surface area contributed by atoms with Gasteiger partial charge in [0.2, 0.25) is 0 Å². The molecule has 0 amide bonds. The van der Waals surface area contributed by atoms with Crippen molar-refractivity contribution in [3.8, 4) is 17.6 Å². The van der Waals surface area contributed by atoms with Crippen LogP contribution in [0.5, 0.6) is 11.5 Å². The van der Waals surface area contributed by atoms with Crippen LogP contribution < -0.4 is 14.8 Å². The molecule has 0 spiro atoms. The minimum atomic E-state index is -0.531. The highest BCUT2D eigenvalue weighted by atomic mass is 35.5. The van der Waals surface area contributed by atoms with E-state index in [1.54, 1.807) is 18.2 Å². The second kappa shape index (κ2) is 10.2. The number of hydrogen-bond acceptors (Lipinski definition) is 5. The van der Waals surface area contributed by atoms with Crippen LogP contribution in [-0.4, -0.2) is 12.1 Å². The average molecular weight is 470 g/mol. The lowest BCUT2D eigenvalue weighted by Crippen LogP contribution is -2.01. The standard InChI is InChI=1S/C24H17ClFN3O2.ClH/c1-30-22-10-18-21(11-23(22)31-14-15-5-3-2-4-6-15)28-13-16(12-27)24(18)29-20-8-7-17(25)9-19(20)26;/h2-11,13H,14H2,1H3,(H,28,29);1H. The third kappa shape index (κ3) is 4.86. The van der Waals surface area contributed by atoms with Crippen molar-refractivity contribution in [2.45, 2.75) is 6.61 Å². The fraction of sp³-hybridized carbons (Fsp3) is 0.0833. The number of fused-ring (bicyclic) bond motifs is 1. The smallest absolute Gasteiger partial charge is 0.163 e. The number of pyridine rings is 1. The summed E-state index contributed by atoms with van der Waals surface area (Å²) in [5.74, 6) is 0.454. The largest absolute Gasteiger partial charge is 0.493 e. The molecule has 0 saturated carbocycles. The number of hydrogen-bond donors (Lipinski definition) is 1. The molecule has 0 bridgehead atoms. The molecule has 0 unspecified atom stereocenters. The van der Waals surface area contributed by atoms with Crippen molar-refractivity contribution in [1.29, 1.82) is 5.26 Å². The number of rotatable bonds is 6. The number of nitrogens with zero attached hydrogens (tertiary/aromatic N) is 2. The maximum absolute atomic E-state index is 14.4. The summed E-state index contributed by atoms with van der Waals surface area (Å²) in [6.07, 6.45) is 1.44. The topological polar surface area (TPSA) is 67.2 Å². The summed E-state index contributed by atoms with van der Waals surface area (Å²) in [4.78, 5) is 4.37. The zero-order valence-corrected chi connectivity index (χ0v) is 18.5. The van der Waals surface area contributed by atoms with Gasteiger partial charge in [-0.15, -0.1) is 12.4 Å². The highest BCUT2D eigenvalue weighted by Gasteiger charge is 2.16. The number of anilines is 2. The lowest BCUT2D eigenvalue weighted by Gasteiger charge is -2.16. The van der Waals surface area contributed by atoms with Crippen LogP contribution in [0.3, 0.4) is 0 Å². The van der Waals surface area contributed by atoms with Gasteiger partial charge in [0.05, 0.1) is 29.6 Å². The summed E-state index contributed by atoms with van der Waals surface area (Å²) in [6.45, 7) is 0.361. The molecular formula is C24H18Cl2FN3O2. The van der Waals surface area contributed by atoms with E-state index in [0.29, 0.717) is 34.7 Å². The van der Waals surface area contributed by atoms with Gasteiger partial charge in [0.15, 0.2) is 11.5 Å². The molecule has 0 saturated heterocycles. The molecule has 1 aromatic heterocycles. The number of benzene rings is 3. The minimum Gasteiger partial charge on any atom is -0.493 e. The van der Waals surface area contributed by atoms with Gasteiger partial charge >= 0.3 is 0 Å². The lowest BCUT2D eigenvalue weighted by molar-refractivity contribution is 0.285. The van der Waals surface area contributed by atoms with Crippen molar-refractivity contribution in [3.05, 3.63) is 88.8 Å². The van der Waals surface area contributed by atoms with Crippen molar-refractivity contribution in [3.63, 3.8) is 0 Å². The van der Waals surface area contributed by atoms with Gasteiger partial charge in [-0.3, -0.25) is 4.98 Å². The van der Waals surface area contributed by atoms with Gasteiger partial charge in [-0.25, -0.2) is 4.39 Å². The Balaban J connectivity index is 0.00000289. The van der Waals surface area contributed by atoms with Gasteiger partial charge in [0, 0.05) is 22.7 Å². The number of nitrogens with one attached hydrogen (secondary N) is 1. The van der Waals surface area contributed by atoms with Crippen LogP contribution in [0.15, 0.2) is 66.9 Å². The fourth-order valence-corrected chi connectivity index (χ4v) is 3.31. The van der Waals surface area contributed by atoms with Crippen LogP contribution in [-0.2, 0) is 6.61 Å². The first-order chi connectivity index (χ1) is 15.1. The van der Waals surface area contributed by atoms with Crippen LogP contribution in [0.2, 0.25) is 5.02 Å². The molecular weight excluding hydrogens is 452 g/mol. The van der Waals surface area contributed by atoms with Crippen LogP contribution in [0.25, 0.3) is 10.9 Å². The predicted molar refractivity (Wildman–Crippen MR) is 126 cm³/mol. The van der Waals surface area contributed by atoms with Crippen molar-refractivity contribution in [2.75, 3.05) is 12.4 Å². The van der Waals surface area contributed by atoms with Gasteiger partial charge in [-0.05, 0) is 29.8 Å². The molecule has 32 heavy (non-hydrogen) atoms. The lowest BCUT2D eigenvalue weighted by atomic mass is 10.1. The molecule has 0 aliphatic carbocycles. The second-order valence-corrected chi connectivity index (χ2v) is 7.14. The molecule has 5 nitrogen and oxygen atoms in total. The SMILES string of the molecule is COc1cc2c(Nc3ccc(Cl)cc3F)c(C#N)cnc2cc1OCc1ccccc1.Cl. The summed E-state index contributed by atoms with van der Waals surface area (Å²) in [5.41, 5.74) is 2.46. The number of nitriles is 1. The monoisotopic (exact) mass is 469 g/mol. The summed E-state index contributed by atoms with van der Waals surface area (Å²) in [6, 6.07) is 19.6. The third-order valence-electron chi connectivity index (χ3n) is 4.70. The molecule has 162 valence electrons. The Morgan fingerprint density at radius 1 is 1.09 bits per heavy atom.